The molecule has 164 valence electrons. The zero-order valence-corrected chi connectivity index (χ0v) is 18.0. The molecule has 1 aliphatic rings. The van der Waals surface area contributed by atoms with Gasteiger partial charge in [-0.2, -0.15) is 0 Å². The third-order valence-electron chi connectivity index (χ3n) is 5.06. The monoisotopic (exact) mass is 431 g/mol. The van der Waals surface area contributed by atoms with Crippen LogP contribution >= 0.6 is 0 Å². The smallest absolute Gasteiger partial charge is 0.323 e. The van der Waals surface area contributed by atoms with Gasteiger partial charge in [-0.3, -0.25) is 4.79 Å². The Balaban J connectivity index is 1.46. The highest BCUT2D eigenvalue weighted by Crippen LogP contribution is 2.36. The van der Waals surface area contributed by atoms with E-state index in [2.05, 4.69) is 10.6 Å². The maximum Gasteiger partial charge on any atom is 0.323 e. The summed E-state index contributed by atoms with van der Waals surface area (Å²) < 4.78 is 11.6. The number of benzene rings is 3. The topological polar surface area (TPSA) is 79.9 Å². The fraction of sp³-hybridized carbons (Fsp3) is 0.200. The van der Waals surface area contributed by atoms with Gasteiger partial charge in [-0.25, -0.2) is 4.79 Å². The molecule has 0 bridgehead atoms. The molecule has 0 spiro atoms. The maximum absolute atomic E-state index is 12.8. The highest BCUT2D eigenvalue weighted by molar-refractivity contribution is 6.03. The number of nitrogens with one attached hydrogen (secondary N) is 2. The molecule has 0 saturated heterocycles. The third kappa shape index (κ3) is 5.00. The van der Waals surface area contributed by atoms with Crippen LogP contribution in [0.3, 0.4) is 0 Å². The van der Waals surface area contributed by atoms with Crippen molar-refractivity contribution in [2.24, 2.45) is 0 Å². The third-order valence-corrected chi connectivity index (χ3v) is 5.06. The van der Waals surface area contributed by atoms with E-state index in [9.17, 15) is 9.59 Å². The average molecular weight is 431 g/mol. The van der Waals surface area contributed by atoms with Crippen LogP contribution in [0.4, 0.5) is 21.9 Å². The second kappa shape index (κ2) is 9.43. The van der Waals surface area contributed by atoms with Crippen molar-refractivity contribution in [3.8, 4) is 11.5 Å². The standard InChI is InChI=1S/C25H25N3O4/c1-17-8-11-21(12-9-17)31-15-14-28-22-16-20(10-13-23(22)32-18(2)24(28)29)27-25(30)26-19-6-4-3-5-7-19/h3-13,16,18H,14-15H2,1-2H3,(H2,26,27,30). The van der Waals surface area contributed by atoms with Crippen LogP contribution in [0.1, 0.15) is 12.5 Å². The Morgan fingerprint density at radius 2 is 1.72 bits per heavy atom. The van der Waals surface area contributed by atoms with Crippen molar-refractivity contribution in [1.82, 2.24) is 0 Å². The second-order valence-electron chi connectivity index (χ2n) is 7.54. The van der Waals surface area contributed by atoms with Gasteiger partial charge in [0, 0.05) is 11.4 Å². The molecule has 7 heteroatoms. The SMILES string of the molecule is Cc1ccc(OCCN2C(=O)C(C)Oc3ccc(NC(=O)Nc4ccccc4)cc32)cc1. The lowest BCUT2D eigenvalue weighted by molar-refractivity contribution is -0.125. The number of carbonyl (C=O) groups excluding carboxylic acids is 2. The molecule has 1 aliphatic heterocycles. The molecule has 4 rings (SSSR count). The normalized spacial score (nSPS) is 14.9. The molecule has 0 radical (unpaired) electrons. The zero-order chi connectivity index (χ0) is 22.5. The van der Waals surface area contributed by atoms with Gasteiger partial charge in [0.2, 0.25) is 0 Å². The number of fused-ring (bicyclic) bond motifs is 1. The van der Waals surface area contributed by atoms with E-state index in [1.54, 1.807) is 42.2 Å². The fourth-order valence-electron chi connectivity index (χ4n) is 3.42. The van der Waals surface area contributed by atoms with Gasteiger partial charge in [-0.15, -0.1) is 0 Å². The highest BCUT2D eigenvalue weighted by atomic mass is 16.5. The van der Waals surface area contributed by atoms with Crippen LogP contribution in [0.25, 0.3) is 0 Å². The van der Waals surface area contributed by atoms with E-state index < -0.39 is 6.10 Å². The lowest BCUT2D eigenvalue weighted by atomic mass is 10.1. The molecule has 3 amide bonds. The minimum Gasteiger partial charge on any atom is -0.492 e. The second-order valence-corrected chi connectivity index (χ2v) is 7.54. The molecule has 1 unspecified atom stereocenters. The van der Waals surface area contributed by atoms with E-state index in [0.717, 1.165) is 11.3 Å². The quantitative estimate of drug-likeness (QED) is 0.586. The Hall–Kier alpha value is -4.00. The number of ether oxygens (including phenoxy) is 2. The van der Waals surface area contributed by atoms with Crippen molar-refractivity contribution in [3.63, 3.8) is 0 Å². The number of hydrogen-bond acceptors (Lipinski definition) is 4. The van der Waals surface area contributed by atoms with Crippen LogP contribution in [0, 0.1) is 6.92 Å². The van der Waals surface area contributed by atoms with Crippen LogP contribution < -0.4 is 25.0 Å². The summed E-state index contributed by atoms with van der Waals surface area (Å²) in [5.41, 5.74) is 2.98. The fourth-order valence-corrected chi connectivity index (χ4v) is 3.42. The van der Waals surface area contributed by atoms with Gasteiger partial charge >= 0.3 is 6.03 Å². The van der Waals surface area contributed by atoms with Gasteiger partial charge in [0.25, 0.3) is 5.91 Å². The minimum absolute atomic E-state index is 0.157. The van der Waals surface area contributed by atoms with Crippen molar-refractivity contribution in [2.45, 2.75) is 20.0 Å². The lowest BCUT2D eigenvalue weighted by Gasteiger charge is -2.33. The van der Waals surface area contributed by atoms with E-state index in [4.69, 9.17) is 9.47 Å². The molecule has 7 nitrogen and oxygen atoms in total. The molecule has 0 aromatic heterocycles. The summed E-state index contributed by atoms with van der Waals surface area (Å²) in [6.07, 6.45) is -0.595. The molecule has 0 fully saturated rings. The first-order valence-electron chi connectivity index (χ1n) is 10.4. The molecular weight excluding hydrogens is 406 g/mol. The summed E-state index contributed by atoms with van der Waals surface area (Å²) in [5.74, 6) is 1.18. The molecule has 2 N–H and O–H groups in total. The molecule has 3 aromatic carbocycles. The number of rotatable bonds is 6. The number of urea groups is 1. The van der Waals surface area contributed by atoms with Crippen molar-refractivity contribution in [1.29, 1.82) is 0 Å². The number of anilines is 3. The Morgan fingerprint density at radius 1 is 1.00 bits per heavy atom. The van der Waals surface area contributed by atoms with Crippen molar-refractivity contribution in [2.75, 3.05) is 28.7 Å². The van der Waals surface area contributed by atoms with Crippen molar-refractivity contribution in [3.05, 3.63) is 78.4 Å². The van der Waals surface area contributed by atoms with E-state index in [1.165, 1.54) is 0 Å². The Kier molecular flexibility index (Phi) is 6.26. The first kappa shape index (κ1) is 21.2. The summed E-state index contributed by atoms with van der Waals surface area (Å²) >= 11 is 0. The van der Waals surface area contributed by atoms with Gasteiger partial charge in [-0.1, -0.05) is 35.9 Å². The summed E-state index contributed by atoms with van der Waals surface area (Å²) in [6.45, 7) is 4.42. The van der Waals surface area contributed by atoms with E-state index in [-0.39, 0.29) is 11.9 Å². The predicted molar refractivity (Wildman–Crippen MR) is 125 cm³/mol. The number of aryl methyl sites for hydroxylation is 1. The Bertz CT molecular complexity index is 1100. The summed E-state index contributed by atoms with van der Waals surface area (Å²) in [5, 5.41) is 5.57. The highest BCUT2D eigenvalue weighted by Gasteiger charge is 2.31. The molecule has 3 aromatic rings. The van der Waals surface area contributed by atoms with E-state index in [0.29, 0.717) is 36.0 Å². The first-order valence-corrected chi connectivity index (χ1v) is 10.4. The lowest BCUT2D eigenvalue weighted by Crippen LogP contribution is -2.46. The van der Waals surface area contributed by atoms with Crippen LogP contribution in [0.15, 0.2) is 72.8 Å². The van der Waals surface area contributed by atoms with E-state index in [1.807, 2.05) is 49.4 Å². The number of amides is 3. The van der Waals surface area contributed by atoms with Gasteiger partial charge in [-0.05, 0) is 56.3 Å². The maximum atomic E-state index is 12.8. The summed E-state index contributed by atoms with van der Waals surface area (Å²) in [7, 11) is 0. The summed E-state index contributed by atoms with van der Waals surface area (Å²) in [4.78, 5) is 26.8. The van der Waals surface area contributed by atoms with Crippen molar-refractivity contribution >= 4 is 29.0 Å². The Morgan fingerprint density at radius 3 is 2.47 bits per heavy atom. The van der Waals surface area contributed by atoms with Gasteiger partial charge in [0.15, 0.2) is 6.10 Å². The molecule has 1 heterocycles. The largest absolute Gasteiger partial charge is 0.492 e. The molecule has 0 aliphatic carbocycles. The minimum atomic E-state index is -0.595. The number of hydrogen-bond donors (Lipinski definition) is 2. The summed E-state index contributed by atoms with van der Waals surface area (Å²) in [6, 6.07) is 21.8. The van der Waals surface area contributed by atoms with Crippen LogP contribution in [0.5, 0.6) is 11.5 Å². The molecule has 0 saturated carbocycles. The number of nitrogens with zero attached hydrogens (tertiary/aromatic N) is 1. The van der Waals surface area contributed by atoms with Crippen LogP contribution in [0.2, 0.25) is 0 Å². The number of carbonyl (C=O) groups is 2. The predicted octanol–water partition coefficient (Wildman–Crippen LogP) is 4.83. The number of para-hydroxylation sites is 1. The molecule has 1 atom stereocenters. The van der Waals surface area contributed by atoms with Crippen LogP contribution in [-0.2, 0) is 4.79 Å². The average Bonchev–Trinajstić information content (AvgIpc) is 2.78. The molecule has 32 heavy (non-hydrogen) atoms. The molecular formula is C25H25N3O4. The van der Waals surface area contributed by atoms with Gasteiger partial charge in [0.05, 0.1) is 12.2 Å². The van der Waals surface area contributed by atoms with Gasteiger partial charge < -0.3 is 25.0 Å². The van der Waals surface area contributed by atoms with E-state index >= 15 is 0 Å². The zero-order valence-electron chi connectivity index (χ0n) is 18.0. The van der Waals surface area contributed by atoms with Crippen molar-refractivity contribution < 1.29 is 19.1 Å². The van der Waals surface area contributed by atoms with Crippen LogP contribution in [-0.4, -0.2) is 31.2 Å². The van der Waals surface area contributed by atoms with Gasteiger partial charge in [0.1, 0.15) is 18.1 Å². The Labute approximate surface area is 187 Å². The first-order chi connectivity index (χ1) is 15.5.